The Kier molecular flexibility index (Phi) is 13.3. The molecule has 0 fully saturated rings. The Labute approximate surface area is 276 Å². The van der Waals surface area contributed by atoms with Gasteiger partial charge < -0.3 is 30.9 Å². The summed E-state index contributed by atoms with van der Waals surface area (Å²) < 4.78 is 30.9. The number of carbonyl (C=O) groups excluding carboxylic acids is 4. The molecule has 0 aromatic heterocycles. The molecule has 12 nitrogen and oxygen atoms in total. The monoisotopic (exact) mass is 673 g/mol. The Hall–Kier alpha value is -3.97. The van der Waals surface area contributed by atoms with E-state index in [0.29, 0.717) is 43.4 Å². The van der Waals surface area contributed by atoms with Crippen molar-refractivity contribution >= 4 is 33.4 Å². The lowest BCUT2D eigenvalue weighted by Crippen LogP contribution is -2.46. The summed E-state index contributed by atoms with van der Waals surface area (Å²) in [5.74, 6) is -5.03. The first-order valence-electron chi connectivity index (χ1n) is 16.0. The molecule has 258 valence electrons. The Morgan fingerprint density at radius 2 is 1.70 bits per heavy atom. The van der Waals surface area contributed by atoms with Crippen LogP contribution < -0.4 is 11.1 Å². The minimum Gasteiger partial charge on any atom is -0.507 e. The number of esters is 1. The summed E-state index contributed by atoms with van der Waals surface area (Å²) in [4.78, 5) is 55.3. The fourth-order valence-electron chi connectivity index (χ4n) is 5.86. The van der Waals surface area contributed by atoms with Crippen LogP contribution in [-0.4, -0.2) is 85.3 Å². The molecule has 5 N–H and O–H groups in total. The third kappa shape index (κ3) is 9.77. The van der Waals surface area contributed by atoms with E-state index in [1.165, 1.54) is 50.2 Å². The number of benzene rings is 2. The van der Waals surface area contributed by atoms with Crippen LogP contribution in [0, 0.1) is 11.8 Å². The molecule has 4 atom stereocenters. The van der Waals surface area contributed by atoms with Crippen LogP contribution in [0.3, 0.4) is 0 Å². The number of hydrogen-bond acceptors (Lipinski definition) is 10. The summed E-state index contributed by atoms with van der Waals surface area (Å²) >= 11 is 0. The van der Waals surface area contributed by atoms with E-state index in [2.05, 4.69) is 5.32 Å². The van der Waals surface area contributed by atoms with Gasteiger partial charge in [-0.25, -0.2) is 13.2 Å². The number of ketones is 1. The fraction of sp³-hybridized carbons (Fsp3) is 0.529. The van der Waals surface area contributed by atoms with Crippen molar-refractivity contribution in [3.63, 3.8) is 0 Å². The van der Waals surface area contributed by atoms with Gasteiger partial charge in [0.2, 0.25) is 11.8 Å². The smallest absolute Gasteiger partial charge is 0.328 e. The zero-order chi connectivity index (χ0) is 34.9. The molecule has 0 saturated carbocycles. The molecule has 13 heteroatoms. The number of nitrogens with zero attached hydrogens (tertiary/aromatic N) is 1. The number of fused-ring (bicyclic) bond motifs is 5. The number of phenols is 2. The highest BCUT2D eigenvalue weighted by molar-refractivity contribution is 7.91. The van der Waals surface area contributed by atoms with Crippen molar-refractivity contribution in [2.24, 2.45) is 17.6 Å². The fourth-order valence-corrected chi connectivity index (χ4v) is 7.68. The predicted octanol–water partition coefficient (Wildman–Crippen LogP) is 3.03. The Morgan fingerprint density at radius 3 is 2.34 bits per heavy atom. The van der Waals surface area contributed by atoms with Crippen LogP contribution in [0.15, 0.2) is 36.4 Å². The van der Waals surface area contributed by atoms with E-state index in [-0.39, 0.29) is 53.4 Å². The summed E-state index contributed by atoms with van der Waals surface area (Å²) in [6.07, 6.45) is 2.19. The van der Waals surface area contributed by atoms with Gasteiger partial charge >= 0.3 is 5.97 Å². The topological polar surface area (TPSA) is 193 Å². The van der Waals surface area contributed by atoms with E-state index in [1.807, 2.05) is 6.92 Å². The first-order chi connectivity index (χ1) is 22.2. The largest absolute Gasteiger partial charge is 0.507 e. The molecule has 2 aromatic carbocycles. The number of hydrogen-bond donors (Lipinski definition) is 4. The first-order valence-corrected chi connectivity index (χ1v) is 17.8. The summed E-state index contributed by atoms with van der Waals surface area (Å²) in [6.45, 7) is 3.79. The lowest BCUT2D eigenvalue weighted by atomic mass is 9.89. The van der Waals surface area contributed by atoms with Crippen molar-refractivity contribution in [3.05, 3.63) is 47.5 Å². The minimum atomic E-state index is -3.58. The highest BCUT2D eigenvalue weighted by atomic mass is 32.2. The maximum absolute atomic E-state index is 14.1. The lowest BCUT2D eigenvalue weighted by molar-refractivity contribution is -0.146. The molecule has 0 aliphatic carbocycles. The van der Waals surface area contributed by atoms with Crippen LogP contribution in [-0.2, 0) is 40.2 Å². The van der Waals surface area contributed by atoms with Gasteiger partial charge in [-0.1, -0.05) is 38.8 Å². The molecule has 0 radical (unpaired) electrons. The quantitative estimate of drug-likeness (QED) is 0.192. The molecular formula is C34H47N3O9S. The zero-order valence-corrected chi connectivity index (χ0v) is 28.3. The Bertz CT molecular complexity index is 1560. The number of amides is 2. The number of likely N-dealkylation sites (N-methyl/N-ethyl adjacent to an activating group) is 1. The van der Waals surface area contributed by atoms with Crippen molar-refractivity contribution in [2.45, 2.75) is 70.9 Å². The molecule has 0 unspecified atom stereocenters. The number of rotatable bonds is 12. The van der Waals surface area contributed by atoms with E-state index >= 15 is 0 Å². The van der Waals surface area contributed by atoms with Crippen LogP contribution in [0.25, 0.3) is 11.1 Å². The number of aromatic hydroxyl groups is 2. The number of nitrogens with one attached hydrogen (secondary N) is 1. The van der Waals surface area contributed by atoms with Gasteiger partial charge in [0.1, 0.15) is 23.6 Å². The van der Waals surface area contributed by atoms with E-state index < -0.39 is 57.3 Å². The van der Waals surface area contributed by atoms with Crippen molar-refractivity contribution < 1.29 is 42.5 Å². The maximum atomic E-state index is 14.1. The van der Waals surface area contributed by atoms with Gasteiger partial charge in [-0.2, -0.15) is 0 Å². The lowest BCUT2D eigenvalue weighted by Gasteiger charge is -2.32. The average molecular weight is 674 g/mol. The summed E-state index contributed by atoms with van der Waals surface area (Å²) in [6, 6.07) is 6.49. The molecule has 2 amide bonds. The highest BCUT2D eigenvalue weighted by Gasteiger charge is 2.36. The summed E-state index contributed by atoms with van der Waals surface area (Å²) in [5.41, 5.74) is 6.89. The van der Waals surface area contributed by atoms with Crippen LogP contribution >= 0.6 is 0 Å². The third-order valence-corrected chi connectivity index (χ3v) is 10.4. The maximum Gasteiger partial charge on any atom is 0.328 e. The van der Waals surface area contributed by atoms with Crippen molar-refractivity contribution in [3.8, 4) is 22.6 Å². The van der Waals surface area contributed by atoms with Gasteiger partial charge in [-0.15, -0.1) is 0 Å². The summed E-state index contributed by atoms with van der Waals surface area (Å²) in [7, 11) is -0.973. The highest BCUT2D eigenvalue weighted by Crippen LogP contribution is 2.39. The number of phenolic OH excluding ortho intramolecular Hbond substituents is 2. The molecule has 1 aliphatic rings. The molecule has 1 heterocycles. The second-order valence-corrected chi connectivity index (χ2v) is 14.5. The number of carbonyl (C=O) groups is 4. The molecule has 2 aromatic rings. The molecule has 0 saturated heterocycles. The predicted molar refractivity (Wildman–Crippen MR) is 177 cm³/mol. The van der Waals surface area contributed by atoms with Gasteiger partial charge in [-0.3, -0.25) is 14.4 Å². The van der Waals surface area contributed by atoms with Gasteiger partial charge in [0.15, 0.2) is 15.6 Å². The standard InChI is InChI=1S/C34H47N3O9S/c1-5-6-15-47(44,45)20-24(9-7-8-14-35)33(42)37(3)31-23-11-13-29(39)26(19-23)25-17-22(10-12-28(25)38)18-27(34(43)46-4)36-32(41)21(2)16-30(31)40/h10-13,17,19,21,24,27,31,38-39H,5-9,14-16,18,20,35H2,1-4H3,(H,36,41)/t21-,24-,27+,31+/m1/s1. The Morgan fingerprint density at radius 1 is 1.04 bits per heavy atom. The van der Waals surface area contributed by atoms with Crippen LogP contribution in [0.5, 0.6) is 11.5 Å². The number of sulfone groups is 1. The molecule has 4 bridgehead atoms. The SMILES string of the molecule is CCCCS(=O)(=O)C[C@@H](CCCCN)C(=O)N(C)[C@@H]1C(=O)C[C@@H](C)C(=O)N[C@H](C(=O)OC)Cc2ccc(O)c(c2)-c2cc1ccc2O. The van der Waals surface area contributed by atoms with Gasteiger partial charge in [0.25, 0.3) is 0 Å². The van der Waals surface area contributed by atoms with Crippen molar-refractivity contribution in [2.75, 3.05) is 32.2 Å². The van der Waals surface area contributed by atoms with Gasteiger partial charge in [-0.05, 0) is 61.2 Å². The number of nitrogens with two attached hydrogens (primary N) is 1. The number of Topliss-reactive ketones (excluding diaryl/α,β-unsaturated/α-hetero) is 1. The van der Waals surface area contributed by atoms with Crippen molar-refractivity contribution in [1.82, 2.24) is 10.2 Å². The molecule has 1 aliphatic heterocycles. The van der Waals surface area contributed by atoms with E-state index in [0.717, 1.165) is 0 Å². The minimum absolute atomic E-state index is 0.0133. The number of methoxy groups -OCH3 is 1. The second kappa shape index (κ2) is 16.7. The van der Waals surface area contributed by atoms with Crippen molar-refractivity contribution in [1.29, 1.82) is 0 Å². The Balaban J connectivity index is 2.16. The van der Waals surface area contributed by atoms with Gasteiger partial charge in [0, 0.05) is 36.9 Å². The molecule has 0 spiro atoms. The van der Waals surface area contributed by atoms with Gasteiger partial charge in [0.05, 0.1) is 24.5 Å². The average Bonchev–Trinajstić information content (AvgIpc) is 3.03. The van der Waals surface area contributed by atoms with Crippen LogP contribution in [0.4, 0.5) is 0 Å². The summed E-state index contributed by atoms with van der Waals surface area (Å²) in [5, 5.41) is 24.4. The first kappa shape index (κ1) is 37.5. The zero-order valence-electron chi connectivity index (χ0n) is 27.5. The number of ether oxygens (including phenoxy) is 1. The molecule has 47 heavy (non-hydrogen) atoms. The van der Waals surface area contributed by atoms with E-state index in [1.54, 1.807) is 12.1 Å². The molecular weight excluding hydrogens is 626 g/mol. The van der Waals surface area contributed by atoms with Crippen LogP contribution in [0.2, 0.25) is 0 Å². The van der Waals surface area contributed by atoms with E-state index in [9.17, 15) is 37.8 Å². The van der Waals surface area contributed by atoms with Crippen LogP contribution in [0.1, 0.15) is 69.5 Å². The normalized spacial score (nSPS) is 19.3. The molecule has 3 rings (SSSR count). The van der Waals surface area contributed by atoms with E-state index in [4.69, 9.17) is 10.5 Å². The second-order valence-electron chi connectivity index (χ2n) is 12.3. The third-order valence-electron chi connectivity index (χ3n) is 8.54. The number of unbranched alkanes of at least 4 members (excludes halogenated alkanes) is 2.